The van der Waals surface area contributed by atoms with Gasteiger partial charge in [-0.3, -0.25) is 0 Å². The Morgan fingerprint density at radius 1 is 0.479 bits per heavy atom. The van der Waals surface area contributed by atoms with Crippen LogP contribution in [-0.4, -0.2) is 9.97 Å². The fourth-order valence-electron chi connectivity index (χ4n) is 7.26. The van der Waals surface area contributed by atoms with Crippen molar-refractivity contribution in [2.24, 2.45) is 11.8 Å². The topological polar surface area (TPSA) is 25.8 Å². The number of hydrogen-bond donors (Lipinski definition) is 0. The first kappa shape index (κ1) is 37.7. The summed E-state index contributed by atoms with van der Waals surface area (Å²) >= 11 is 7.69. The predicted molar refractivity (Wildman–Crippen MR) is 220 cm³/mol. The number of aryl methyl sites for hydroxylation is 2. The first-order chi connectivity index (χ1) is 23.4. The highest BCUT2D eigenvalue weighted by Gasteiger charge is 2.21. The summed E-state index contributed by atoms with van der Waals surface area (Å²) in [5.74, 6) is 1.63. The molecule has 4 heterocycles. The maximum Gasteiger partial charge on any atom is 0.134 e. The molecule has 0 saturated heterocycles. The van der Waals surface area contributed by atoms with Gasteiger partial charge in [0.1, 0.15) is 10.0 Å². The molecule has 5 aromatic rings. The van der Waals surface area contributed by atoms with Gasteiger partial charge in [-0.25, -0.2) is 9.97 Å². The summed E-state index contributed by atoms with van der Waals surface area (Å²) in [5, 5.41) is 2.35. The second-order valence-corrected chi connectivity index (χ2v) is 18.6. The van der Waals surface area contributed by atoms with E-state index < -0.39 is 0 Å². The van der Waals surface area contributed by atoms with Gasteiger partial charge in [0.2, 0.25) is 0 Å². The Labute approximate surface area is 307 Å². The molecule has 0 fully saturated rings. The second-order valence-electron chi connectivity index (χ2n) is 14.3. The average molecular weight is 721 g/mol. The van der Waals surface area contributed by atoms with Crippen molar-refractivity contribution >= 4 is 65.8 Å². The lowest BCUT2D eigenvalue weighted by molar-refractivity contribution is 0.412. The number of fused-ring (bicyclic) bond motifs is 2. The third-order valence-electron chi connectivity index (χ3n) is 10.2. The van der Waals surface area contributed by atoms with Crippen LogP contribution in [0.5, 0.6) is 0 Å². The number of nitrogens with zero attached hydrogens (tertiary/aromatic N) is 2. The first-order valence-corrected chi connectivity index (χ1v) is 22.6. The summed E-state index contributed by atoms with van der Waals surface area (Å²) < 4.78 is 2.62. The molecule has 48 heavy (non-hydrogen) atoms. The van der Waals surface area contributed by atoms with E-state index in [0.717, 1.165) is 11.8 Å². The van der Waals surface area contributed by atoms with E-state index >= 15 is 0 Å². The lowest BCUT2D eigenvalue weighted by Crippen LogP contribution is -2.04. The van der Waals surface area contributed by atoms with Gasteiger partial charge in [0.15, 0.2) is 0 Å². The van der Waals surface area contributed by atoms with Gasteiger partial charge in [0.05, 0.1) is 30.2 Å². The molecule has 0 amide bonds. The molecule has 0 radical (unpaired) electrons. The summed E-state index contributed by atoms with van der Waals surface area (Å²) in [5.41, 5.74) is 4.94. The second kappa shape index (κ2) is 19.1. The Hall–Kier alpha value is -1.60. The number of hydrogen-bond acceptors (Lipinski definition) is 6. The summed E-state index contributed by atoms with van der Waals surface area (Å²) in [7, 11) is 0. The van der Waals surface area contributed by atoms with Crippen LogP contribution in [0.15, 0.2) is 24.3 Å². The first-order valence-electron chi connectivity index (χ1n) is 19.3. The van der Waals surface area contributed by atoms with Crippen molar-refractivity contribution in [3.8, 4) is 19.8 Å². The van der Waals surface area contributed by atoms with Gasteiger partial charge in [0, 0.05) is 9.75 Å². The highest BCUT2D eigenvalue weighted by Crippen LogP contribution is 2.44. The minimum atomic E-state index is 0.817. The Bertz CT molecular complexity index is 1510. The van der Waals surface area contributed by atoms with E-state index in [-0.39, 0.29) is 0 Å². The molecule has 1 aromatic carbocycles. The minimum Gasteiger partial charge on any atom is -0.235 e. The van der Waals surface area contributed by atoms with Crippen LogP contribution in [0.1, 0.15) is 151 Å². The molecule has 2 nitrogen and oxygen atoms in total. The van der Waals surface area contributed by atoms with E-state index in [1.807, 2.05) is 45.3 Å². The smallest absolute Gasteiger partial charge is 0.134 e. The van der Waals surface area contributed by atoms with E-state index in [0.29, 0.717) is 0 Å². The van der Waals surface area contributed by atoms with Crippen molar-refractivity contribution < 1.29 is 0 Å². The van der Waals surface area contributed by atoms with Gasteiger partial charge in [-0.05, 0) is 73.9 Å². The van der Waals surface area contributed by atoms with Crippen LogP contribution in [0.2, 0.25) is 0 Å². The summed E-state index contributed by atoms with van der Waals surface area (Å²) in [6, 6.07) is 9.44. The van der Waals surface area contributed by atoms with Crippen molar-refractivity contribution in [3.05, 3.63) is 45.1 Å². The normalized spacial score (nSPS) is 13.3. The van der Waals surface area contributed by atoms with Crippen molar-refractivity contribution in [1.82, 2.24) is 9.97 Å². The van der Waals surface area contributed by atoms with Gasteiger partial charge >= 0.3 is 0 Å². The van der Waals surface area contributed by atoms with E-state index in [4.69, 9.17) is 9.97 Å². The highest BCUT2D eigenvalue weighted by molar-refractivity contribution is 7.27. The van der Waals surface area contributed by atoms with Crippen molar-refractivity contribution in [1.29, 1.82) is 0 Å². The zero-order valence-electron chi connectivity index (χ0n) is 30.7. The molecule has 4 aromatic heterocycles. The lowest BCUT2D eigenvalue weighted by atomic mass is 9.92. The van der Waals surface area contributed by atoms with Crippen LogP contribution in [0.25, 0.3) is 40.2 Å². The van der Waals surface area contributed by atoms with Gasteiger partial charge in [0.25, 0.3) is 0 Å². The molecular weight excluding hydrogens is 661 g/mol. The van der Waals surface area contributed by atoms with Gasteiger partial charge in [-0.15, -0.1) is 45.3 Å². The van der Waals surface area contributed by atoms with Crippen LogP contribution in [0.4, 0.5) is 0 Å². The molecule has 0 N–H and O–H groups in total. The van der Waals surface area contributed by atoms with Gasteiger partial charge in [-0.2, -0.15) is 0 Å². The molecule has 5 rings (SSSR count). The van der Waals surface area contributed by atoms with Gasteiger partial charge < -0.3 is 0 Å². The third kappa shape index (κ3) is 9.80. The van der Waals surface area contributed by atoms with E-state index in [2.05, 4.69) is 65.8 Å². The molecule has 0 spiro atoms. The Morgan fingerprint density at radius 2 is 0.875 bits per heavy atom. The Kier molecular flexibility index (Phi) is 15.0. The molecule has 2 atom stereocenters. The van der Waals surface area contributed by atoms with Crippen LogP contribution in [0.3, 0.4) is 0 Å². The predicted octanol–water partition coefficient (Wildman–Crippen LogP) is 15.6. The van der Waals surface area contributed by atoms with Crippen molar-refractivity contribution in [3.63, 3.8) is 0 Å². The minimum absolute atomic E-state index is 0.817. The van der Waals surface area contributed by atoms with Crippen LogP contribution in [0, 0.1) is 25.7 Å². The average Bonchev–Trinajstić information content (AvgIpc) is 3.91. The summed E-state index contributed by atoms with van der Waals surface area (Å²) in [6.07, 6.45) is 24.2. The zero-order chi connectivity index (χ0) is 33.9. The fourth-order valence-corrected chi connectivity index (χ4v) is 11.9. The highest BCUT2D eigenvalue weighted by atomic mass is 32.1. The van der Waals surface area contributed by atoms with Crippen LogP contribution < -0.4 is 0 Å². The van der Waals surface area contributed by atoms with Gasteiger partial charge in [-0.1, -0.05) is 130 Å². The molecule has 2 unspecified atom stereocenters. The van der Waals surface area contributed by atoms with E-state index in [1.165, 1.54) is 177 Å². The van der Waals surface area contributed by atoms with Crippen LogP contribution in [-0.2, 0) is 12.8 Å². The molecule has 0 aliphatic heterocycles. The van der Waals surface area contributed by atoms with E-state index in [9.17, 15) is 0 Å². The maximum atomic E-state index is 5.30. The van der Waals surface area contributed by atoms with Crippen molar-refractivity contribution in [2.75, 3.05) is 0 Å². The summed E-state index contributed by atoms with van der Waals surface area (Å²) in [6.45, 7) is 13.8. The number of aromatic nitrogens is 2. The lowest BCUT2D eigenvalue weighted by Gasteiger charge is -2.15. The number of thiazole rings is 2. The van der Waals surface area contributed by atoms with E-state index in [1.54, 1.807) is 0 Å². The number of unbranched alkanes of at least 4 members (excludes halogenated alkanes) is 8. The number of thiophene rings is 2. The Morgan fingerprint density at radius 3 is 1.27 bits per heavy atom. The third-order valence-corrected chi connectivity index (χ3v) is 15.1. The van der Waals surface area contributed by atoms with Crippen LogP contribution >= 0.6 is 45.3 Å². The Balaban J connectivity index is 1.32. The fraction of sp³-hybridized carbons (Fsp3) is 0.619. The molecule has 6 heteroatoms. The number of rotatable bonds is 22. The molecule has 0 saturated carbocycles. The molecule has 0 aliphatic rings. The largest absolute Gasteiger partial charge is 0.235 e. The zero-order valence-corrected chi connectivity index (χ0v) is 34.0. The molecule has 0 aliphatic carbocycles. The summed E-state index contributed by atoms with van der Waals surface area (Å²) in [4.78, 5) is 16.3. The molecule has 262 valence electrons. The molecular formula is C42H60N2S4. The standard InChI is InChI=1S/C42H60N2S4/c1-7-11-15-17-21-31(19-13-9-3)27-33-23-25-35(45-33)41-43-37-29(5)40-38(30(6)39(37)47-41)44-42(48-40)36-26-24-34(46-36)28-32(20-14-10-4)22-18-16-12-8-2/h23-26,31-32H,7-22,27-28H2,1-6H3. The quantitative estimate of drug-likeness (QED) is 0.0665. The maximum absolute atomic E-state index is 5.30. The van der Waals surface area contributed by atoms with Crippen molar-refractivity contribution in [2.45, 2.75) is 157 Å². The molecule has 0 bridgehead atoms. The number of benzene rings is 1. The SMILES string of the molecule is CCCCCCC(CCCC)Cc1ccc(-c2nc3c(C)c4sc(-c5ccc(CC(CCCC)CCCCCC)s5)nc4c(C)c3s2)s1. The monoisotopic (exact) mass is 720 g/mol.